The molecule has 1 amide bonds. The van der Waals surface area contributed by atoms with Crippen LogP contribution in [0.3, 0.4) is 0 Å². The van der Waals surface area contributed by atoms with Gasteiger partial charge in [0.25, 0.3) is 0 Å². The fourth-order valence-electron chi connectivity index (χ4n) is 1.93. The first-order valence-electron chi connectivity index (χ1n) is 6.14. The molecule has 110 valence electrons. The van der Waals surface area contributed by atoms with Gasteiger partial charge in [0.05, 0.1) is 12.5 Å². The summed E-state index contributed by atoms with van der Waals surface area (Å²) in [5.74, 6) is -0.623. The van der Waals surface area contributed by atoms with E-state index < -0.39 is 6.36 Å². The van der Waals surface area contributed by atoms with Crippen molar-refractivity contribution in [2.45, 2.75) is 19.3 Å². The Morgan fingerprint density at radius 3 is 2.90 bits per heavy atom. The molecule has 0 radical (unpaired) electrons. The number of rotatable bonds is 4. The van der Waals surface area contributed by atoms with Crippen LogP contribution in [-0.4, -0.2) is 25.5 Å². The summed E-state index contributed by atoms with van der Waals surface area (Å²) in [6.07, 6.45) is -4.05. The zero-order chi connectivity index (χ0) is 14.6. The zero-order valence-electron chi connectivity index (χ0n) is 10.6. The van der Waals surface area contributed by atoms with Crippen LogP contribution >= 0.6 is 0 Å². The van der Waals surface area contributed by atoms with Crippen LogP contribution in [0.4, 0.5) is 13.2 Å². The third-order valence-corrected chi connectivity index (χ3v) is 2.90. The van der Waals surface area contributed by atoms with Gasteiger partial charge < -0.3 is 14.8 Å². The molecule has 1 heterocycles. The van der Waals surface area contributed by atoms with E-state index >= 15 is 0 Å². The predicted octanol–water partition coefficient (Wildman–Crippen LogP) is 2.24. The first-order valence-corrected chi connectivity index (χ1v) is 6.14. The van der Waals surface area contributed by atoms with Gasteiger partial charge in [-0.3, -0.25) is 4.79 Å². The maximum absolute atomic E-state index is 12.1. The lowest BCUT2D eigenvalue weighted by Gasteiger charge is -2.12. The molecule has 0 saturated carbocycles. The van der Waals surface area contributed by atoms with E-state index in [0.29, 0.717) is 25.2 Å². The Balaban J connectivity index is 1.89. The van der Waals surface area contributed by atoms with Gasteiger partial charge in [0.15, 0.2) is 0 Å². The summed E-state index contributed by atoms with van der Waals surface area (Å²) in [6.45, 7) is 1.11. The van der Waals surface area contributed by atoms with Crippen molar-refractivity contribution in [1.29, 1.82) is 0 Å². The van der Waals surface area contributed by atoms with Crippen molar-refractivity contribution in [3.8, 4) is 5.75 Å². The molecule has 1 atom stereocenters. The van der Waals surface area contributed by atoms with Gasteiger partial charge in [-0.15, -0.1) is 13.2 Å². The number of carbonyl (C=O) groups excluding carboxylic acids is 1. The summed E-state index contributed by atoms with van der Waals surface area (Å²) in [5, 5.41) is 2.68. The van der Waals surface area contributed by atoms with Gasteiger partial charge in [-0.1, -0.05) is 12.1 Å². The lowest BCUT2D eigenvalue weighted by atomic mass is 10.1. The Morgan fingerprint density at radius 1 is 1.45 bits per heavy atom. The first kappa shape index (κ1) is 14.6. The zero-order valence-corrected chi connectivity index (χ0v) is 10.6. The fourth-order valence-corrected chi connectivity index (χ4v) is 1.93. The SMILES string of the molecule is O=C(NCc1cccc(OC(F)(F)F)c1)[C@H]1CCOC1. The smallest absolute Gasteiger partial charge is 0.406 e. The molecule has 1 aliphatic heterocycles. The number of carbonyl (C=O) groups is 1. The van der Waals surface area contributed by atoms with Crippen molar-refractivity contribution in [2.75, 3.05) is 13.2 Å². The molecule has 1 saturated heterocycles. The van der Waals surface area contributed by atoms with Crippen LogP contribution in [0, 0.1) is 5.92 Å². The third kappa shape index (κ3) is 4.41. The second kappa shape index (κ2) is 6.13. The largest absolute Gasteiger partial charge is 0.573 e. The van der Waals surface area contributed by atoms with Gasteiger partial charge in [-0.2, -0.15) is 0 Å². The lowest BCUT2D eigenvalue weighted by molar-refractivity contribution is -0.274. The van der Waals surface area contributed by atoms with Crippen LogP contribution in [0.15, 0.2) is 24.3 Å². The maximum Gasteiger partial charge on any atom is 0.573 e. The molecule has 2 rings (SSSR count). The summed E-state index contributed by atoms with van der Waals surface area (Å²) in [7, 11) is 0. The van der Waals surface area contributed by atoms with E-state index in [1.54, 1.807) is 6.07 Å². The van der Waals surface area contributed by atoms with Gasteiger partial charge in [0.2, 0.25) is 5.91 Å². The number of ether oxygens (including phenoxy) is 2. The second-order valence-electron chi connectivity index (χ2n) is 4.47. The molecule has 1 fully saturated rings. The van der Waals surface area contributed by atoms with Crippen LogP contribution in [0.25, 0.3) is 0 Å². The van der Waals surface area contributed by atoms with Gasteiger partial charge >= 0.3 is 6.36 Å². The van der Waals surface area contributed by atoms with Gasteiger partial charge in [-0.25, -0.2) is 0 Å². The second-order valence-corrected chi connectivity index (χ2v) is 4.47. The highest BCUT2D eigenvalue weighted by molar-refractivity contribution is 5.78. The van der Waals surface area contributed by atoms with Crippen LogP contribution in [-0.2, 0) is 16.1 Å². The molecule has 0 aliphatic carbocycles. The summed E-state index contributed by atoms with van der Waals surface area (Å²) in [4.78, 5) is 11.7. The van der Waals surface area contributed by atoms with Gasteiger partial charge in [-0.05, 0) is 24.1 Å². The molecule has 1 aliphatic rings. The monoisotopic (exact) mass is 289 g/mol. The molecule has 4 nitrogen and oxygen atoms in total. The van der Waals surface area contributed by atoms with E-state index in [0.717, 1.165) is 0 Å². The molecule has 0 spiro atoms. The van der Waals surface area contributed by atoms with Crippen molar-refractivity contribution >= 4 is 5.91 Å². The summed E-state index contributed by atoms with van der Waals surface area (Å²) in [5.41, 5.74) is 0.541. The minimum Gasteiger partial charge on any atom is -0.406 e. The predicted molar refractivity (Wildman–Crippen MR) is 63.9 cm³/mol. The van der Waals surface area contributed by atoms with Crippen molar-refractivity contribution in [3.05, 3.63) is 29.8 Å². The van der Waals surface area contributed by atoms with Crippen molar-refractivity contribution in [3.63, 3.8) is 0 Å². The highest BCUT2D eigenvalue weighted by Crippen LogP contribution is 2.23. The first-order chi connectivity index (χ1) is 9.44. The average Bonchev–Trinajstić information content (AvgIpc) is 2.88. The maximum atomic E-state index is 12.1. The van der Waals surface area contributed by atoms with Crippen molar-refractivity contribution < 1.29 is 27.4 Å². The van der Waals surface area contributed by atoms with Crippen molar-refractivity contribution in [1.82, 2.24) is 5.32 Å². The fraction of sp³-hybridized carbons (Fsp3) is 0.462. The van der Waals surface area contributed by atoms with E-state index in [9.17, 15) is 18.0 Å². The lowest BCUT2D eigenvalue weighted by Crippen LogP contribution is -2.30. The standard InChI is InChI=1S/C13H14F3NO3/c14-13(15,16)20-11-3-1-2-9(6-11)7-17-12(18)10-4-5-19-8-10/h1-3,6,10H,4-5,7-8H2,(H,17,18)/t10-/m0/s1. The average molecular weight is 289 g/mol. The van der Waals surface area contributed by atoms with E-state index in [4.69, 9.17) is 4.74 Å². The number of amides is 1. The van der Waals surface area contributed by atoms with Gasteiger partial charge in [0, 0.05) is 13.2 Å². The van der Waals surface area contributed by atoms with E-state index in [-0.39, 0.29) is 24.1 Å². The molecule has 0 unspecified atom stereocenters. The Labute approximate surface area is 113 Å². The number of nitrogens with one attached hydrogen (secondary N) is 1. The highest BCUT2D eigenvalue weighted by Gasteiger charge is 2.31. The minimum absolute atomic E-state index is 0.148. The molecule has 1 N–H and O–H groups in total. The number of benzene rings is 1. The Kier molecular flexibility index (Phi) is 4.49. The normalized spacial score (nSPS) is 18.9. The minimum atomic E-state index is -4.72. The highest BCUT2D eigenvalue weighted by atomic mass is 19.4. The third-order valence-electron chi connectivity index (χ3n) is 2.90. The summed E-state index contributed by atoms with van der Waals surface area (Å²) >= 11 is 0. The molecule has 20 heavy (non-hydrogen) atoms. The number of halogens is 3. The Hall–Kier alpha value is -1.76. The van der Waals surface area contributed by atoms with E-state index in [1.165, 1.54) is 18.2 Å². The van der Waals surface area contributed by atoms with Crippen LogP contribution < -0.4 is 10.1 Å². The molecule has 0 bridgehead atoms. The Morgan fingerprint density at radius 2 is 2.25 bits per heavy atom. The molecular weight excluding hydrogens is 275 g/mol. The number of hydrogen-bond donors (Lipinski definition) is 1. The molecule has 0 aromatic heterocycles. The summed E-state index contributed by atoms with van der Waals surface area (Å²) in [6, 6.07) is 5.53. The van der Waals surface area contributed by atoms with E-state index in [2.05, 4.69) is 10.1 Å². The molecule has 1 aromatic carbocycles. The number of hydrogen-bond acceptors (Lipinski definition) is 3. The Bertz CT molecular complexity index is 470. The van der Waals surface area contributed by atoms with Crippen LogP contribution in [0.2, 0.25) is 0 Å². The number of alkyl halides is 3. The quantitative estimate of drug-likeness (QED) is 0.924. The van der Waals surface area contributed by atoms with Gasteiger partial charge in [0.1, 0.15) is 5.75 Å². The molecule has 1 aromatic rings. The molecular formula is C13H14F3NO3. The topological polar surface area (TPSA) is 47.6 Å². The van der Waals surface area contributed by atoms with Crippen LogP contribution in [0.5, 0.6) is 5.75 Å². The van der Waals surface area contributed by atoms with Crippen molar-refractivity contribution in [2.24, 2.45) is 5.92 Å². The summed E-state index contributed by atoms with van der Waals surface area (Å²) < 4.78 is 45.2. The molecule has 7 heteroatoms. The van der Waals surface area contributed by atoms with Crippen LogP contribution in [0.1, 0.15) is 12.0 Å². The van der Waals surface area contributed by atoms with E-state index in [1.807, 2.05) is 0 Å².